The fourth-order valence-corrected chi connectivity index (χ4v) is 1.19. The number of aromatic amines is 1. The molecule has 1 aromatic heterocycles. The lowest BCUT2D eigenvalue weighted by Gasteiger charge is -2.13. The van der Waals surface area contributed by atoms with Gasteiger partial charge in [-0.1, -0.05) is 0 Å². The highest BCUT2D eigenvalue weighted by Crippen LogP contribution is 1.98. The first kappa shape index (κ1) is 13.5. The molecule has 0 radical (unpaired) electrons. The molecule has 1 aromatic rings. The zero-order valence-electron chi connectivity index (χ0n) is 9.34. The van der Waals surface area contributed by atoms with E-state index in [9.17, 15) is 14.4 Å². The molecule has 3 amide bonds. The van der Waals surface area contributed by atoms with E-state index in [2.05, 4.69) is 20.6 Å². The van der Waals surface area contributed by atoms with E-state index < -0.39 is 23.9 Å². The van der Waals surface area contributed by atoms with Crippen LogP contribution in [0.25, 0.3) is 0 Å². The summed E-state index contributed by atoms with van der Waals surface area (Å²) in [6, 6.07) is -1.90. The molecule has 0 fully saturated rings. The minimum atomic E-state index is -1.20. The molecule has 1 heterocycles. The monoisotopic (exact) mass is 255 g/mol. The predicted molar refractivity (Wildman–Crippen MR) is 59.4 cm³/mol. The molecule has 0 aliphatic rings. The molecule has 18 heavy (non-hydrogen) atoms. The van der Waals surface area contributed by atoms with E-state index in [1.807, 2.05) is 0 Å². The van der Waals surface area contributed by atoms with Crippen LogP contribution in [0.15, 0.2) is 12.5 Å². The Hall–Kier alpha value is -2.58. The van der Waals surface area contributed by atoms with Gasteiger partial charge in [-0.15, -0.1) is 0 Å². The van der Waals surface area contributed by atoms with Gasteiger partial charge in [0.1, 0.15) is 6.04 Å². The molecule has 0 saturated carbocycles. The zero-order valence-corrected chi connectivity index (χ0v) is 9.34. The van der Waals surface area contributed by atoms with E-state index in [4.69, 9.17) is 10.8 Å². The maximum Gasteiger partial charge on any atom is 0.326 e. The lowest BCUT2D eigenvalue weighted by molar-refractivity contribution is -0.139. The largest absolute Gasteiger partial charge is 0.480 e. The van der Waals surface area contributed by atoms with Crippen molar-refractivity contribution in [3.8, 4) is 0 Å². The average Bonchev–Trinajstić information content (AvgIpc) is 2.78. The third-order valence-corrected chi connectivity index (χ3v) is 2.01. The molecule has 0 aliphatic heterocycles. The Balaban J connectivity index is 2.50. The van der Waals surface area contributed by atoms with Crippen LogP contribution in [0.5, 0.6) is 0 Å². The smallest absolute Gasteiger partial charge is 0.326 e. The molecular weight excluding hydrogens is 242 g/mol. The number of rotatable bonds is 6. The van der Waals surface area contributed by atoms with Crippen LogP contribution in [0, 0.1) is 0 Å². The first-order valence-electron chi connectivity index (χ1n) is 5.01. The van der Waals surface area contributed by atoms with Crippen molar-refractivity contribution in [3.63, 3.8) is 0 Å². The number of carboxylic acids is 1. The maximum absolute atomic E-state index is 11.3. The summed E-state index contributed by atoms with van der Waals surface area (Å²) in [7, 11) is 0. The highest BCUT2D eigenvalue weighted by atomic mass is 16.4. The van der Waals surface area contributed by atoms with E-state index in [-0.39, 0.29) is 13.0 Å². The van der Waals surface area contributed by atoms with Gasteiger partial charge >= 0.3 is 12.0 Å². The van der Waals surface area contributed by atoms with Crippen molar-refractivity contribution in [2.75, 3.05) is 6.54 Å². The molecule has 0 aliphatic carbocycles. The number of urea groups is 1. The van der Waals surface area contributed by atoms with E-state index in [1.165, 1.54) is 12.5 Å². The Labute approximate surface area is 102 Å². The lowest BCUT2D eigenvalue weighted by Crippen LogP contribution is -2.48. The van der Waals surface area contributed by atoms with Crippen LogP contribution in [-0.2, 0) is 16.0 Å². The summed E-state index contributed by atoms with van der Waals surface area (Å²) in [6.07, 6.45) is 2.92. The Morgan fingerprint density at radius 2 is 2.22 bits per heavy atom. The minimum absolute atomic E-state index is 0.0549. The van der Waals surface area contributed by atoms with Gasteiger partial charge < -0.3 is 26.5 Å². The van der Waals surface area contributed by atoms with Gasteiger partial charge in [-0.2, -0.15) is 0 Å². The Bertz CT molecular complexity index is 430. The van der Waals surface area contributed by atoms with Crippen molar-refractivity contribution in [2.24, 2.45) is 5.73 Å². The van der Waals surface area contributed by atoms with E-state index in [0.29, 0.717) is 5.69 Å². The van der Waals surface area contributed by atoms with Gasteiger partial charge in [0.15, 0.2) is 0 Å². The van der Waals surface area contributed by atoms with Crippen LogP contribution >= 0.6 is 0 Å². The molecule has 1 rings (SSSR count). The molecule has 9 nitrogen and oxygen atoms in total. The molecule has 98 valence electrons. The second kappa shape index (κ2) is 6.23. The van der Waals surface area contributed by atoms with Gasteiger partial charge in [0.05, 0.1) is 12.9 Å². The molecule has 9 heteroatoms. The van der Waals surface area contributed by atoms with Crippen LogP contribution in [0.4, 0.5) is 4.79 Å². The number of carbonyl (C=O) groups is 3. The highest BCUT2D eigenvalue weighted by molar-refractivity contribution is 5.86. The number of primary amides is 1. The summed E-state index contributed by atoms with van der Waals surface area (Å²) >= 11 is 0. The van der Waals surface area contributed by atoms with Crippen LogP contribution in [0.1, 0.15) is 5.69 Å². The number of nitrogens with one attached hydrogen (secondary N) is 3. The first-order valence-corrected chi connectivity index (χ1v) is 5.01. The quantitative estimate of drug-likeness (QED) is 0.406. The lowest BCUT2D eigenvalue weighted by atomic mass is 10.2. The number of hydrogen-bond acceptors (Lipinski definition) is 4. The topological polar surface area (TPSA) is 150 Å². The van der Waals surface area contributed by atoms with E-state index in [0.717, 1.165) is 0 Å². The Morgan fingerprint density at radius 3 is 2.72 bits per heavy atom. The number of nitrogens with two attached hydrogens (primary N) is 1. The molecule has 6 N–H and O–H groups in total. The SMILES string of the molecule is NC(=O)CNC(=O)N[C@@H](Cc1cnc[nH]1)C(=O)O. The summed E-state index contributed by atoms with van der Waals surface area (Å²) in [5, 5.41) is 13.3. The highest BCUT2D eigenvalue weighted by Gasteiger charge is 2.20. The van der Waals surface area contributed by atoms with Gasteiger partial charge in [-0.25, -0.2) is 14.6 Å². The molecule has 0 aromatic carbocycles. The number of nitrogens with zero attached hydrogens (tertiary/aromatic N) is 1. The summed E-state index contributed by atoms with van der Waals surface area (Å²) < 4.78 is 0. The van der Waals surface area contributed by atoms with Gasteiger partial charge in [-0.05, 0) is 0 Å². The second-order valence-corrected chi connectivity index (χ2v) is 3.47. The molecule has 0 unspecified atom stereocenters. The third kappa shape index (κ3) is 4.51. The number of amides is 3. The van der Waals surface area contributed by atoms with Crippen molar-refractivity contribution in [3.05, 3.63) is 18.2 Å². The standard InChI is InChI=1S/C9H13N5O4/c10-7(15)3-12-9(18)14-6(8(16)17)1-5-2-11-4-13-5/h2,4,6H,1,3H2,(H2,10,15)(H,11,13)(H,16,17)(H2,12,14,18)/t6-/m0/s1. The summed E-state index contributed by atoms with van der Waals surface area (Å²) in [5.74, 6) is -1.91. The maximum atomic E-state index is 11.3. The first-order chi connectivity index (χ1) is 8.49. The van der Waals surface area contributed by atoms with Crippen molar-refractivity contribution >= 4 is 17.9 Å². The zero-order chi connectivity index (χ0) is 13.5. The molecule has 0 bridgehead atoms. The van der Waals surface area contributed by atoms with E-state index in [1.54, 1.807) is 0 Å². The number of carbonyl (C=O) groups excluding carboxylic acids is 2. The number of carboxylic acid groups (broad SMARTS) is 1. The third-order valence-electron chi connectivity index (χ3n) is 2.01. The molecule has 1 atom stereocenters. The number of hydrogen-bond donors (Lipinski definition) is 5. The summed E-state index contributed by atoms with van der Waals surface area (Å²) in [5.41, 5.74) is 5.40. The number of H-pyrrole nitrogens is 1. The normalized spacial score (nSPS) is 11.6. The Kier molecular flexibility index (Phi) is 4.67. The van der Waals surface area contributed by atoms with Crippen molar-refractivity contribution in [1.29, 1.82) is 0 Å². The number of imidazole rings is 1. The molecule has 0 saturated heterocycles. The number of aliphatic carboxylic acids is 1. The molecular formula is C9H13N5O4. The second-order valence-electron chi connectivity index (χ2n) is 3.47. The van der Waals surface area contributed by atoms with Crippen molar-refractivity contribution in [2.45, 2.75) is 12.5 Å². The van der Waals surface area contributed by atoms with Crippen molar-refractivity contribution in [1.82, 2.24) is 20.6 Å². The number of aromatic nitrogens is 2. The minimum Gasteiger partial charge on any atom is -0.480 e. The van der Waals surface area contributed by atoms with Crippen LogP contribution in [-0.4, -0.2) is 45.6 Å². The fraction of sp³-hybridized carbons (Fsp3) is 0.333. The van der Waals surface area contributed by atoms with Gasteiger partial charge in [0, 0.05) is 18.3 Å². The molecule has 0 spiro atoms. The van der Waals surface area contributed by atoms with E-state index >= 15 is 0 Å². The van der Waals surface area contributed by atoms with Gasteiger partial charge in [0.25, 0.3) is 0 Å². The predicted octanol–water partition coefficient (Wildman–Crippen LogP) is -1.81. The summed E-state index contributed by atoms with van der Waals surface area (Å²) in [6.45, 7) is -0.359. The summed E-state index contributed by atoms with van der Waals surface area (Å²) in [4.78, 5) is 39.1. The van der Waals surface area contributed by atoms with Crippen LogP contribution in [0.3, 0.4) is 0 Å². The fourth-order valence-electron chi connectivity index (χ4n) is 1.19. The van der Waals surface area contributed by atoms with Crippen LogP contribution < -0.4 is 16.4 Å². The van der Waals surface area contributed by atoms with Gasteiger partial charge in [0.2, 0.25) is 5.91 Å². The Morgan fingerprint density at radius 1 is 1.50 bits per heavy atom. The van der Waals surface area contributed by atoms with Gasteiger partial charge in [-0.3, -0.25) is 4.79 Å². The van der Waals surface area contributed by atoms with Crippen LogP contribution in [0.2, 0.25) is 0 Å². The van der Waals surface area contributed by atoms with Crippen molar-refractivity contribution < 1.29 is 19.5 Å². The average molecular weight is 255 g/mol.